The van der Waals surface area contributed by atoms with Crippen molar-refractivity contribution in [1.29, 1.82) is 0 Å². The third-order valence-electron chi connectivity index (χ3n) is 7.68. The molecule has 0 N–H and O–H groups in total. The van der Waals surface area contributed by atoms with E-state index in [1.165, 1.54) is 75.3 Å². The topological polar surface area (TPSA) is 35.0 Å². The smallest absolute Gasteiger partial charge is 0.159 e. The molecule has 3 nitrogen and oxygen atoms in total. The van der Waals surface area contributed by atoms with E-state index >= 15 is 0 Å². The number of hydrogen-bond donors (Lipinski definition) is 0. The van der Waals surface area contributed by atoms with Crippen LogP contribution in [0.2, 0.25) is 0 Å². The molecule has 0 amide bonds. The predicted molar refractivity (Wildman–Crippen MR) is 147 cm³/mol. The highest BCUT2D eigenvalue weighted by Crippen LogP contribution is 2.36. The number of hydrogen-bond acceptors (Lipinski definition) is 3. The van der Waals surface area contributed by atoms with Crippen molar-refractivity contribution >= 4 is 0 Å². The summed E-state index contributed by atoms with van der Waals surface area (Å²) in [5, 5.41) is 0. The van der Waals surface area contributed by atoms with Crippen LogP contribution >= 0.6 is 0 Å². The van der Waals surface area contributed by atoms with Gasteiger partial charge in [-0.25, -0.2) is 9.97 Å². The molecule has 0 spiro atoms. The minimum Gasteiger partial charge on any atom is -0.494 e. The lowest BCUT2D eigenvalue weighted by Crippen LogP contribution is -2.20. The largest absolute Gasteiger partial charge is 0.494 e. The lowest BCUT2D eigenvalue weighted by molar-refractivity contribution is 0.190. The van der Waals surface area contributed by atoms with Gasteiger partial charge in [0, 0.05) is 18.0 Å². The van der Waals surface area contributed by atoms with E-state index in [1.54, 1.807) is 0 Å². The quantitative estimate of drug-likeness (QED) is 0.248. The number of ether oxygens (including phenoxy) is 1. The summed E-state index contributed by atoms with van der Waals surface area (Å²) in [4.78, 5) is 8.98. The molecule has 0 bridgehead atoms. The highest BCUT2D eigenvalue weighted by Gasteiger charge is 2.24. The molecule has 1 saturated carbocycles. The number of rotatable bonds is 12. The number of benzene rings is 2. The van der Waals surface area contributed by atoms with Gasteiger partial charge in [0.25, 0.3) is 0 Å². The first-order valence-electron chi connectivity index (χ1n) is 13.9. The Labute approximate surface area is 212 Å². The minimum atomic E-state index is 0.776. The van der Waals surface area contributed by atoms with Crippen LogP contribution in [-0.2, 0) is 6.42 Å². The van der Waals surface area contributed by atoms with Crippen LogP contribution in [0.5, 0.6) is 5.75 Å². The maximum Gasteiger partial charge on any atom is 0.159 e. The van der Waals surface area contributed by atoms with Crippen molar-refractivity contribution in [3.63, 3.8) is 0 Å². The Hall–Kier alpha value is -2.68. The third-order valence-corrected chi connectivity index (χ3v) is 7.68. The van der Waals surface area contributed by atoms with E-state index in [0.29, 0.717) is 0 Å². The lowest BCUT2D eigenvalue weighted by Gasteiger charge is -2.31. The Kier molecular flexibility index (Phi) is 9.74. The summed E-state index contributed by atoms with van der Waals surface area (Å²) in [6.07, 6.45) is 18.6. The number of aryl methyl sites for hydroxylation is 1. The van der Waals surface area contributed by atoms with Gasteiger partial charge in [0.2, 0.25) is 0 Å². The molecule has 2 atom stereocenters. The van der Waals surface area contributed by atoms with E-state index in [-0.39, 0.29) is 0 Å². The third kappa shape index (κ3) is 7.40. The van der Waals surface area contributed by atoms with Gasteiger partial charge in [0.05, 0.1) is 6.61 Å². The minimum absolute atomic E-state index is 0.776. The van der Waals surface area contributed by atoms with E-state index in [4.69, 9.17) is 4.74 Å². The van der Waals surface area contributed by atoms with Crippen LogP contribution in [-0.4, -0.2) is 16.6 Å². The summed E-state index contributed by atoms with van der Waals surface area (Å²) in [6.45, 7) is 5.25. The second-order valence-corrected chi connectivity index (χ2v) is 10.2. The Morgan fingerprint density at radius 1 is 0.714 bits per heavy atom. The second-order valence-electron chi connectivity index (χ2n) is 10.2. The molecule has 0 radical (unpaired) electrons. The zero-order chi connectivity index (χ0) is 24.3. The van der Waals surface area contributed by atoms with Crippen molar-refractivity contribution in [2.45, 2.75) is 84.5 Å². The van der Waals surface area contributed by atoms with Crippen LogP contribution in [0.15, 0.2) is 60.9 Å². The summed E-state index contributed by atoms with van der Waals surface area (Å²) >= 11 is 0. The van der Waals surface area contributed by atoms with Gasteiger partial charge in [0.1, 0.15) is 5.75 Å². The molecule has 35 heavy (non-hydrogen) atoms. The molecule has 1 aliphatic carbocycles. The van der Waals surface area contributed by atoms with Gasteiger partial charge in [-0.3, -0.25) is 0 Å². The summed E-state index contributed by atoms with van der Waals surface area (Å²) < 4.78 is 6.10. The summed E-state index contributed by atoms with van der Waals surface area (Å²) in [7, 11) is 0. The Morgan fingerprint density at radius 2 is 1.29 bits per heavy atom. The molecule has 0 aliphatic heterocycles. The summed E-state index contributed by atoms with van der Waals surface area (Å²) in [5.74, 6) is 3.63. The SMILES string of the molecule is CCCCCC1CCCCC1CCCOc1ccc(-c2ccc(-c3ncc(CC)cn3)cc2)cc1. The van der Waals surface area contributed by atoms with Crippen LogP contribution < -0.4 is 4.74 Å². The highest BCUT2D eigenvalue weighted by atomic mass is 16.5. The van der Waals surface area contributed by atoms with Gasteiger partial charge < -0.3 is 4.74 Å². The fourth-order valence-electron chi connectivity index (χ4n) is 5.48. The van der Waals surface area contributed by atoms with Gasteiger partial charge in [-0.2, -0.15) is 0 Å². The van der Waals surface area contributed by atoms with Gasteiger partial charge in [-0.05, 0) is 59.9 Å². The molecular formula is C32H42N2O. The first kappa shape index (κ1) is 25.4. The zero-order valence-electron chi connectivity index (χ0n) is 21.7. The molecule has 186 valence electrons. The number of nitrogens with zero attached hydrogens (tertiary/aromatic N) is 2. The number of unbranched alkanes of at least 4 members (excludes halogenated alkanes) is 2. The molecule has 1 aromatic heterocycles. The van der Waals surface area contributed by atoms with Crippen molar-refractivity contribution in [2.24, 2.45) is 11.8 Å². The standard InChI is InChI=1S/C32H42N2O/c1-3-5-6-10-26-11-7-8-12-27(26)13-9-22-35-31-20-18-29(19-21-31)28-14-16-30(17-15-28)32-33-23-25(4-2)24-34-32/h14-21,23-24,26-27H,3-13,22H2,1-2H3. The molecule has 2 unspecified atom stereocenters. The van der Waals surface area contributed by atoms with Crippen molar-refractivity contribution in [1.82, 2.24) is 9.97 Å². The van der Waals surface area contributed by atoms with Gasteiger partial charge >= 0.3 is 0 Å². The van der Waals surface area contributed by atoms with Crippen molar-refractivity contribution < 1.29 is 4.74 Å². The van der Waals surface area contributed by atoms with E-state index in [1.807, 2.05) is 12.4 Å². The zero-order valence-corrected chi connectivity index (χ0v) is 21.7. The van der Waals surface area contributed by atoms with E-state index in [2.05, 4.69) is 72.3 Å². The molecule has 1 heterocycles. The molecule has 0 saturated heterocycles. The fraction of sp³-hybridized carbons (Fsp3) is 0.500. The van der Waals surface area contributed by atoms with Gasteiger partial charge in [0.15, 0.2) is 5.82 Å². The van der Waals surface area contributed by atoms with E-state index in [9.17, 15) is 0 Å². The maximum absolute atomic E-state index is 6.10. The Morgan fingerprint density at radius 3 is 1.89 bits per heavy atom. The Balaban J connectivity index is 1.24. The first-order valence-corrected chi connectivity index (χ1v) is 13.9. The molecule has 2 aromatic carbocycles. The first-order chi connectivity index (χ1) is 17.3. The van der Waals surface area contributed by atoms with Crippen LogP contribution in [0.25, 0.3) is 22.5 Å². The molecule has 3 aromatic rings. The summed E-state index contributed by atoms with van der Waals surface area (Å²) in [5.41, 5.74) is 4.59. The predicted octanol–water partition coefficient (Wildman–Crippen LogP) is 8.92. The molecule has 3 heteroatoms. The average molecular weight is 471 g/mol. The van der Waals surface area contributed by atoms with Gasteiger partial charge in [-0.15, -0.1) is 0 Å². The highest BCUT2D eigenvalue weighted by molar-refractivity contribution is 5.68. The van der Waals surface area contributed by atoms with Crippen LogP contribution in [0, 0.1) is 11.8 Å². The second kappa shape index (κ2) is 13.4. The molecule has 1 fully saturated rings. The van der Waals surface area contributed by atoms with Crippen LogP contribution in [0.4, 0.5) is 0 Å². The normalized spacial score (nSPS) is 17.9. The molecule has 1 aliphatic rings. The van der Waals surface area contributed by atoms with E-state index < -0.39 is 0 Å². The molecule has 4 rings (SSSR count). The fourth-order valence-corrected chi connectivity index (χ4v) is 5.48. The average Bonchev–Trinajstić information content (AvgIpc) is 2.92. The van der Waals surface area contributed by atoms with Crippen LogP contribution in [0.1, 0.15) is 83.6 Å². The van der Waals surface area contributed by atoms with Crippen molar-refractivity contribution in [3.8, 4) is 28.3 Å². The van der Waals surface area contributed by atoms with E-state index in [0.717, 1.165) is 47.6 Å². The Bertz CT molecular complexity index is 995. The lowest BCUT2D eigenvalue weighted by atomic mass is 9.74. The van der Waals surface area contributed by atoms with Gasteiger partial charge in [-0.1, -0.05) is 102 Å². The monoisotopic (exact) mass is 470 g/mol. The van der Waals surface area contributed by atoms with Crippen molar-refractivity contribution in [3.05, 3.63) is 66.5 Å². The maximum atomic E-state index is 6.10. The van der Waals surface area contributed by atoms with Crippen LogP contribution in [0.3, 0.4) is 0 Å². The molecular weight excluding hydrogens is 428 g/mol. The van der Waals surface area contributed by atoms with Crippen molar-refractivity contribution in [2.75, 3.05) is 6.61 Å². The number of aromatic nitrogens is 2. The summed E-state index contributed by atoms with van der Waals surface area (Å²) in [6, 6.07) is 17.0.